The minimum Gasteiger partial charge on any atom is -0.493 e. The van der Waals surface area contributed by atoms with Crippen molar-refractivity contribution < 1.29 is 19.0 Å². The third-order valence-electron chi connectivity index (χ3n) is 5.08. The molecule has 0 radical (unpaired) electrons. The predicted molar refractivity (Wildman–Crippen MR) is 129 cm³/mol. The third kappa shape index (κ3) is 4.23. The van der Waals surface area contributed by atoms with Crippen molar-refractivity contribution in [3.8, 4) is 11.5 Å². The van der Waals surface area contributed by atoms with E-state index in [-0.39, 0.29) is 12.2 Å². The largest absolute Gasteiger partial charge is 0.493 e. The summed E-state index contributed by atoms with van der Waals surface area (Å²) in [6.07, 6.45) is 1.73. The molecule has 3 aromatic rings. The van der Waals surface area contributed by atoms with Crippen molar-refractivity contribution in [1.82, 2.24) is 4.57 Å². The van der Waals surface area contributed by atoms with Gasteiger partial charge in [0, 0.05) is 4.88 Å². The summed E-state index contributed by atoms with van der Waals surface area (Å²) in [4.78, 5) is 32.3. The van der Waals surface area contributed by atoms with E-state index in [4.69, 9.17) is 25.8 Å². The molecule has 33 heavy (non-hydrogen) atoms. The van der Waals surface area contributed by atoms with Gasteiger partial charge >= 0.3 is 5.97 Å². The van der Waals surface area contributed by atoms with Crippen LogP contribution >= 0.6 is 34.3 Å². The number of hydrogen-bond acceptors (Lipinski definition) is 8. The van der Waals surface area contributed by atoms with Crippen LogP contribution in [0, 0.1) is 0 Å². The van der Waals surface area contributed by atoms with Gasteiger partial charge in [-0.3, -0.25) is 9.36 Å². The van der Waals surface area contributed by atoms with Gasteiger partial charge in [-0.1, -0.05) is 29.0 Å². The maximum atomic E-state index is 13.5. The monoisotopic (exact) mass is 504 g/mol. The first kappa shape index (κ1) is 23.3. The van der Waals surface area contributed by atoms with Crippen LogP contribution in [0.2, 0.25) is 5.02 Å². The molecule has 0 N–H and O–H groups in total. The normalized spacial score (nSPS) is 15.8. The summed E-state index contributed by atoms with van der Waals surface area (Å²) in [5.74, 6) is 0.407. The second kappa shape index (κ2) is 9.54. The molecule has 3 heterocycles. The van der Waals surface area contributed by atoms with Gasteiger partial charge in [0.2, 0.25) is 0 Å². The fourth-order valence-electron chi connectivity index (χ4n) is 3.68. The van der Waals surface area contributed by atoms with Gasteiger partial charge in [-0.05, 0) is 49.1 Å². The fourth-order valence-corrected chi connectivity index (χ4v) is 5.85. The third-order valence-corrected chi connectivity index (χ3v) is 7.27. The molecule has 172 valence electrons. The molecule has 1 aromatic carbocycles. The molecule has 1 atom stereocenters. The Hall–Kier alpha value is -2.88. The number of carbonyl (C=O) groups excluding carboxylic acids is 1. The Morgan fingerprint density at radius 1 is 1.30 bits per heavy atom. The number of hydrogen-bond donors (Lipinski definition) is 0. The number of rotatable bonds is 6. The van der Waals surface area contributed by atoms with Gasteiger partial charge in [0.25, 0.3) is 5.56 Å². The molecule has 0 unspecified atom stereocenters. The van der Waals surface area contributed by atoms with Crippen molar-refractivity contribution in [3.05, 3.63) is 76.1 Å². The number of methoxy groups -OCH3 is 2. The first-order chi connectivity index (χ1) is 15.9. The van der Waals surface area contributed by atoms with Gasteiger partial charge in [0.05, 0.1) is 41.7 Å². The molecule has 2 aromatic heterocycles. The van der Waals surface area contributed by atoms with E-state index in [1.165, 1.54) is 36.9 Å². The number of thiophene rings is 1. The van der Waals surface area contributed by atoms with Gasteiger partial charge in [-0.25, -0.2) is 9.79 Å². The number of ether oxygens (including phenoxy) is 3. The van der Waals surface area contributed by atoms with Crippen LogP contribution in [0.3, 0.4) is 0 Å². The molecule has 0 saturated carbocycles. The first-order valence-corrected chi connectivity index (χ1v) is 12.1. The van der Waals surface area contributed by atoms with Crippen molar-refractivity contribution in [2.24, 2.45) is 4.99 Å². The molecule has 0 aliphatic carbocycles. The minimum absolute atomic E-state index is 0.233. The number of fused-ring (bicyclic) bond motifs is 1. The van der Waals surface area contributed by atoms with E-state index < -0.39 is 12.0 Å². The zero-order chi connectivity index (χ0) is 23.7. The Morgan fingerprint density at radius 2 is 2.09 bits per heavy atom. The highest BCUT2D eigenvalue weighted by molar-refractivity contribution is 7.10. The van der Waals surface area contributed by atoms with Gasteiger partial charge in [0.1, 0.15) is 6.04 Å². The SMILES string of the molecule is CCOC(=O)C1=C(C)N=c2s/c(=C\c3cc(Cl)c(OC)c(OC)c3)c(=O)n2[C@@H]1c1cccs1. The average Bonchev–Trinajstić information content (AvgIpc) is 3.41. The molecular formula is C23H21ClN2O5S2. The molecule has 4 rings (SSSR count). The van der Waals surface area contributed by atoms with Crippen LogP contribution in [0.25, 0.3) is 6.08 Å². The predicted octanol–water partition coefficient (Wildman–Crippen LogP) is 3.53. The number of aromatic nitrogens is 1. The average molecular weight is 505 g/mol. The zero-order valence-electron chi connectivity index (χ0n) is 18.4. The quantitative estimate of drug-likeness (QED) is 0.480. The summed E-state index contributed by atoms with van der Waals surface area (Å²) in [5.41, 5.74) is 1.33. The van der Waals surface area contributed by atoms with Crippen LogP contribution in [0.15, 0.2) is 50.7 Å². The zero-order valence-corrected chi connectivity index (χ0v) is 20.8. The second-order valence-electron chi connectivity index (χ2n) is 7.06. The number of carbonyl (C=O) groups is 1. The number of thiazole rings is 1. The maximum absolute atomic E-state index is 13.5. The molecule has 0 saturated heterocycles. The standard InChI is InChI=1S/C23H21ClN2O5S2/c1-5-31-22(28)18-12(2)25-23-26(19(18)16-7-6-8-32-16)21(27)17(33-23)11-13-9-14(24)20(30-4)15(10-13)29-3/h6-11,19H,5H2,1-4H3/b17-11-/t19-/m1/s1. The molecular weight excluding hydrogens is 484 g/mol. The summed E-state index contributed by atoms with van der Waals surface area (Å²) in [6.45, 7) is 3.74. The maximum Gasteiger partial charge on any atom is 0.338 e. The lowest BCUT2D eigenvalue weighted by Crippen LogP contribution is -2.39. The highest BCUT2D eigenvalue weighted by Crippen LogP contribution is 2.36. The smallest absolute Gasteiger partial charge is 0.338 e. The minimum atomic E-state index is -0.601. The summed E-state index contributed by atoms with van der Waals surface area (Å²) < 4.78 is 18.0. The lowest BCUT2D eigenvalue weighted by atomic mass is 10.0. The van der Waals surface area contributed by atoms with Crippen molar-refractivity contribution in [2.75, 3.05) is 20.8 Å². The number of esters is 1. The lowest BCUT2D eigenvalue weighted by molar-refractivity contribution is -0.139. The van der Waals surface area contributed by atoms with Gasteiger partial charge in [-0.2, -0.15) is 0 Å². The van der Waals surface area contributed by atoms with E-state index in [0.29, 0.717) is 42.7 Å². The summed E-state index contributed by atoms with van der Waals surface area (Å²) >= 11 is 9.05. The van der Waals surface area contributed by atoms with Crippen molar-refractivity contribution >= 4 is 46.3 Å². The van der Waals surface area contributed by atoms with E-state index in [1.54, 1.807) is 36.6 Å². The molecule has 0 fully saturated rings. The van der Waals surface area contributed by atoms with Gasteiger partial charge in [0.15, 0.2) is 16.3 Å². The summed E-state index contributed by atoms with van der Waals surface area (Å²) in [5, 5.41) is 2.28. The highest BCUT2D eigenvalue weighted by atomic mass is 35.5. The Morgan fingerprint density at radius 3 is 2.73 bits per heavy atom. The van der Waals surface area contributed by atoms with Gasteiger partial charge in [-0.15, -0.1) is 11.3 Å². The Bertz CT molecular complexity index is 1420. The number of halogens is 1. The van der Waals surface area contributed by atoms with Crippen LogP contribution in [0.4, 0.5) is 0 Å². The van der Waals surface area contributed by atoms with Crippen molar-refractivity contribution in [3.63, 3.8) is 0 Å². The van der Waals surface area contributed by atoms with Crippen LogP contribution in [0.5, 0.6) is 11.5 Å². The molecule has 10 heteroatoms. The number of benzene rings is 1. The van der Waals surface area contributed by atoms with E-state index in [0.717, 1.165) is 4.88 Å². The number of nitrogens with zero attached hydrogens (tertiary/aromatic N) is 2. The van der Waals surface area contributed by atoms with E-state index in [9.17, 15) is 9.59 Å². The summed E-state index contributed by atoms with van der Waals surface area (Å²) in [6, 6.07) is 6.64. The Balaban J connectivity index is 1.92. The Kier molecular flexibility index (Phi) is 6.73. The molecule has 0 bridgehead atoms. The first-order valence-electron chi connectivity index (χ1n) is 10.0. The summed E-state index contributed by atoms with van der Waals surface area (Å²) in [7, 11) is 3.03. The Labute approximate surface area is 202 Å². The highest BCUT2D eigenvalue weighted by Gasteiger charge is 2.33. The van der Waals surface area contributed by atoms with Crippen molar-refractivity contribution in [1.29, 1.82) is 0 Å². The lowest BCUT2D eigenvalue weighted by Gasteiger charge is -2.23. The van der Waals surface area contributed by atoms with E-state index >= 15 is 0 Å². The van der Waals surface area contributed by atoms with Crippen LogP contribution < -0.4 is 24.4 Å². The van der Waals surface area contributed by atoms with Crippen LogP contribution in [-0.2, 0) is 9.53 Å². The molecule has 1 aliphatic heterocycles. The molecule has 0 amide bonds. The molecule has 0 spiro atoms. The molecule has 7 nitrogen and oxygen atoms in total. The topological polar surface area (TPSA) is 79.1 Å². The van der Waals surface area contributed by atoms with Crippen molar-refractivity contribution in [2.45, 2.75) is 19.9 Å². The van der Waals surface area contributed by atoms with Crippen LogP contribution in [-0.4, -0.2) is 31.4 Å². The van der Waals surface area contributed by atoms with Crippen LogP contribution in [0.1, 0.15) is 30.3 Å². The number of allylic oxidation sites excluding steroid dienone is 1. The second-order valence-corrected chi connectivity index (χ2v) is 9.45. The molecule has 1 aliphatic rings. The van der Waals surface area contributed by atoms with Gasteiger partial charge < -0.3 is 14.2 Å². The van der Waals surface area contributed by atoms with E-state index in [1.807, 2.05) is 17.5 Å². The van der Waals surface area contributed by atoms with E-state index in [2.05, 4.69) is 4.99 Å². The fraction of sp³-hybridized carbons (Fsp3) is 0.261.